The summed E-state index contributed by atoms with van der Waals surface area (Å²) in [5, 5.41) is 2.49. The van der Waals surface area contributed by atoms with E-state index >= 15 is 0 Å². The molecule has 0 radical (unpaired) electrons. The smallest absolute Gasteiger partial charge is 0.0714 e. The maximum atomic E-state index is 2.54. The van der Waals surface area contributed by atoms with E-state index in [1.165, 1.54) is 88.6 Å². The number of anilines is 3. The van der Waals surface area contributed by atoms with E-state index in [1.54, 1.807) is 0 Å². The fourth-order valence-corrected chi connectivity index (χ4v) is 12.6. The van der Waals surface area contributed by atoms with Crippen LogP contribution in [0.2, 0.25) is 0 Å². The molecule has 14 rings (SSSR count). The van der Waals surface area contributed by atoms with Crippen molar-refractivity contribution in [2.24, 2.45) is 0 Å². The van der Waals surface area contributed by atoms with Gasteiger partial charge in [0.15, 0.2) is 0 Å². The summed E-state index contributed by atoms with van der Waals surface area (Å²) in [6, 6.07) is 104. The predicted octanol–water partition coefficient (Wildman–Crippen LogP) is 17.0. The Morgan fingerprint density at radius 2 is 0.714 bits per heavy atom. The molecule has 0 fully saturated rings. The summed E-state index contributed by atoms with van der Waals surface area (Å²) >= 11 is 0. The fourth-order valence-electron chi connectivity index (χ4n) is 12.6. The second-order valence-electron chi connectivity index (χ2n) is 18.7. The highest BCUT2D eigenvalue weighted by Gasteiger charge is 2.49. The monoisotopic (exact) mass is 890 g/mol. The third kappa shape index (κ3) is 5.62. The van der Waals surface area contributed by atoms with Crippen LogP contribution in [-0.4, -0.2) is 4.57 Å². The van der Waals surface area contributed by atoms with Crippen molar-refractivity contribution in [3.63, 3.8) is 0 Å². The van der Waals surface area contributed by atoms with E-state index in [0.29, 0.717) is 0 Å². The number of rotatable bonds is 8. The Bertz CT molecular complexity index is 3810. The average molecular weight is 891 g/mol. The summed E-state index contributed by atoms with van der Waals surface area (Å²) in [6.07, 6.45) is 0. The maximum Gasteiger partial charge on any atom is 0.0714 e. The van der Waals surface area contributed by atoms with Crippen LogP contribution in [-0.2, 0) is 10.8 Å². The molecule has 12 aromatic rings. The summed E-state index contributed by atoms with van der Waals surface area (Å²) in [5.41, 5.74) is 20.7. The van der Waals surface area contributed by atoms with Gasteiger partial charge in [0.2, 0.25) is 0 Å². The molecule has 11 aromatic carbocycles. The van der Waals surface area contributed by atoms with Crippen LogP contribution < -0.4 is 4.90 Å². The van der Waals surface area contributed by atoms with Gasteiger partial charge in [-0.25, -0.2) is 0 Å². The van der Waals surface area contributed by atoms with Crippen LogP contribution in [0.1, 0.15) is 44.5 Å². The number of hydrogen-bond acceptors (Lipinski definition) is 1. The van der Waals surface area contributed by atoms with Crippen LogP contribution in [0.25, 0.3) is 49.7 Å². The average Bonchev–Trinajstić information content (AvgIpc) is 4.05. The molecule has 0 aliphatic heterocycles. The Morgan fingerprint density at radius 3 is 1.30 bits per heavy atom. The number of nitrogens with zero attached hydrogens (tertiary/aromatic N) is 2. The first kappa shape index (κ1) is 40.1. The van der Waals surface area contributed by atoms with E-state index < -0.39 is 10.8 Å². The summed E-state index contributed by atoms with van der Waals surface area (Å²) < 4.78 is 2.43. The summed E-state index contributed by atoms with van der Waals surface area (Å²) in [5.74, 6) is 0. The SMILES string of the molecule is c1ccc(C2(c3ccccc3)c3ccccc3-c3ccc(N(c4cccc(-n5c6ccccc6c6ccccc65)c4)c4cccc5c4-c4ccccc4C5(c4ccccc4)c4ccccc4)cc32)cc1. The molecule has 0 saturated carbocycles. The number of fused-ring (bicyclic) bond motifs is 9. The Balaban J connectivity index is 1.09. The molecule has 0 atom stereocenters. The molecule has 0 saturated heterocycles. The number of aromatic nitrogens is 1. The van der Waals surface area contributed by atoms with Crippen LogP contribution in [0.15, 0.2) is 279 Å². The molecule has 70 heavy (non-hydrogen) atoms. The molecule has 1 aromatic heterocycles. The predicted molar refractivity (Wildman–Crippen MR) is 290 cm³/mol. The van der Waals surface area contributed by atoms with E-state index in [0.717, 1.165) is 22.7 Å². The van der Waals surface area contributed by atoms with Gasteiger partial charge in [0.05, 0.1) is 27.6 Å². The van der Waals surface area contributed by atoms with E-state index in [2.05, 4.69) is 289 Å². The van der Waals surface area contributed by atoms with Crippen molar-refractivity contribution in [3.05, 3.63) is 324 Å². The third-order valence-corrected chi connectivity index (χ3v) is 15.3. The Hall–Kier alpha value is -8.98. The molecule has 0 spiro atoms. The number of hydrogen-bond donors (Lipinski definition) is 0. The van der Waals surface area contributed by atoms with E-state index in [9.17, 15) is 0 Å². The van der Waals surface area contributed by atoms with E-state index in [4.69, 9.17) is 0 Å². The molecular weight excluding hydrogens is 845 g/mol. The standard InChI is InChI=1S/C68H46N2/c1-5-23-47(24-6-1)67(48-25-7-2-8-26-48)60-38-18-14-36-58(60)66-61(67)39-22-42-65(66)69(51-31-21-32-52(45-51)70-63-40-19-15-34-56(63)57-35-16-20-41-64(57)70)53-43-44-55-54-33-13-17-37-59(54)68(62(55)46-53,49-27-9-3-10-28-49)50-29-11-4-12-30-50/h1-46H. The van der Waals surface area contributed by atoms with Crippen molar-refractivity contribution in [1.82, 2.24) is 4.57 Å². The highest BCUT2D eigenvalue weighted by Crippen LogP contribution is 2.61. The van der Waals surface area contributed by atoms with Crippen molar-refractivity contribution in [3.8, 4) is 27.9 Å². The largest absolute Gasteiger partial charge is 0.310 e. The van der Waals surface area contributed by atoms with Gasteiger partial charge < -0.3 is 9.47 Å². The van der Waals surface area contributed by atoms with Crippen molar-refractivity contribution in [2.45, 2.75) is 10.8 Å². The molecule has 2 nitrogen and oxygen atoms in total. The first-order chi connectivity index (χ1) is 34.8. The molecule has 2 heteroatoms. The van der Waals surface area contributed by atoms with Crippen LogP contribution in [0.3, 0.4) is 0 Å². The lowest BCUT2D eigenvalue weighted by Crippen LogP contribution is -2.29. The van der Waals surface area contributed by atoms with E-state index in [1.807, 2.05) is 0 Å². The minimum atomic E-state index is -0.568. The van der Waals surface area contributed by atoms with Gasteiger partial charge in [-0.05, 0) is 110 Å². The zero-order chi connectivity index (χ0) is 46.2. The number of benzene rings is 11. The highest BCUT2D eigenvalue weighted by atomic mass is 15.1. The van der Waals surface area contributed by atoms with Crippen molar-refractivity contribution in [2.75, 3.05) is 4.90 Å². The van der Waals surface area contributed by atoms with Crippen LogP contribution in [0.4, 0.5) is 17.1 Å². The van der Waals surface area contributed by atoms with Gasteiger partial charge in [-0.2, -0.15) is 0 Å². The Morgan fingerprint density at radius 1 is 0.286 bits per heavy atom. The topological polar surface area (TPSA) is 8.17 Å². The minimum absolute atomic E-state index is 0.559. The number of para-hydroxylation sites is 2. The van der Waals surface area contributed by atoms with Gasteiger partial charge in [0.25, 0.3) is 0 Å². The highest BCUT2D eigenvalue weighted by molar-refractivity contribution is 6.09. The van der Waals surface area contributed by atoms with Gasteiger partial charge >= 0.3 is 0 Å². The maximum absolute atomic E-state index is 2.54. The Kier molecular flexibility index (Phi) is 9.06. The van der Waals surface area contributed by atoms with Crippen molar-refractivity contribution < 1.29 is 0 Å². The zero-order valence-electron chi connectivity index (χ0n) is 38.5. The second-order valence-corrected chi connectivity index (χ2v) is 18.7. The zero-order valence-corrected chi connectivity index (χ0v) is 38.5. The molecule has 2 aliphatic carbocycles. The van der Waals surface area contributed by atoms with Crippen molar-refractivity contribution in [1.29, 1.82) is 0 Å². The second kappa shape index (κ2) is 15.8. The molecular formula is C68H46N2. The molecule has 0 amide bonds. The fraction of sp³-hybridized carbons (Fsp3) is 0.0294. The molecule has 0 N–H and O–H groups in total. The summed E-state index contributed by atoms with van der Waals surface area (Å²) in [6.45, 7) is 0. The van der Waals surface area contributed by atoms with Crippen LogP contribution >= 0.6 is 0 Å². The van der Waals surface area contributed by atoms with E-state index in [-0.39, 0.29) is 0 Å². The normalized spacial score (nSPS) is 13.7. The van der Waals surface area contributed by atoms with Gasteiger partial charge in [-0.15, -0.1) is 0 Å². The molecule has 2 aliphatic rings. The third-order valence-electron chi connectivity index (χ3n) is 15.3. The lowest BCUT2D eigenvalue weighted by molar-refractivity contribution is 0.768. The summed E-state index contributed by atoms with van der Waals surface area (Å²) in [7, 11) is 0. The first-order valence-electron chi connectivity index (χ1n) is 24.3. The van der Waals surface area contributed by atoms with Crippen molar-refractivity contribution >= 4 is 38.9 Å². The van der Waals surface area contributed by atoms with Gasteiger partial charge in [0, 0.05) is 33.4 Å². The lowest BCUT2D eigenvalue weighted by atomic mass is 9.67. The van der Waals surface area contributed by atoms with Gasteiger partial charge in [0.1, 0.15) is 0 Å². The van der Waals surface area contributed by atoms with Crippen LogP contribution in [0, 0.1) is 0 Å². The van der Waals surface area contributed by atoms with Gasteiger partial charge in [-0.1, -0.05) is 231 Å². The van der Waals surface area contributed by atoms with Gasteiger partial charge in [-0.3, -0.25) is 0 Å². The lowest BCUT2D eigenvalue weighted by Gasteiger charge is -2.35. The molecule has 328 valence electrons. The molecule has 0 unspecified atom stereocenters. The quantitative estimate of drug-likeness (QED) is 0.148. The van der Waals surface area contributed by atoms with Crippen LogP contribution in [0.5, 0.6) is 0 Å². The first-order valence-corrected chi connectivity index (χ1v) is 24.3. The summed E-state index contributed by atoms with van der Waals surface area (Å²) in [4.78, 5) is 2.54. The minimum Gasteiger partial charge on any atom is -0.310 e. The molecule has 0 bridgehead atoms. The Labute approximate surface area is 408 Å². The molecule has 1 heterocycles.